The predicted octanol–water partition coefficient (Wildman–Crippen LogP) is 2.44. The zero-order valence-corrected chi connectivity index (χ0v) is 16.6. The summed E-state index contributed by atoms with van der Waals surface area (Å²) in [7, 11) is 0. The molecule has 3 aromatic heterocycles. The number of carbonyl (C=O) groups excluding carboxylic acids is 1. The van der Waals surface area contributed by atoms with E-state index in [1.165, 1.54) is 0 Å². The van der Waals surface area contributed by atoms with Crippen molar-refractivity contribution in [1.29, 1.82) is 0 Å². The zero-order valence-electron chi connectivity index (χ0n) is 16.6. The van der Waals surface area contributed by atoms with Crippen LogP contribution in [0.3, 0.4) is 0 Å². The Morgan fingerprint density at radius 1 is 1.21 bits per heavy atom. The third-order valence-corrected chi connectivity index (χ3v) is 5.33. The number of aryl methyl sites for hydroxylation is 3. The second kappa shape index (κ2) is 7.67. The predicted molar refractivity (Wildman–Crippen MR) is 107 cm³/mol. The molecule has 0 spiro atoms. The molecule has 0 radical (unpaired) electrons. The Bertz CT molecular complexity index is 989. The average Bonchev–Trinajstić information content (AvgIpc) is 3.00. The molecule has 4 rings (SSSR count). The zero-order chi connectivity index (χ0) is 19.7. The van der Waals surface area contributed by atoms with Crippen molar-refractivity contribution in [1.82, 2.24) is 29.8 Å². The van der Waals surface area contributed by atoms with Gasteiger partial charge in [-0.1, -0.05) is 6.07 Å². The molecule has 1 amide bonds. The Kier molecular flexibility index (Phi) is 5.09. The van der Waals surface area contributed by atoms with E-state index in [1.54, 1.807) is 4.52 Å². The van der Waals surface area contributed by atoms with E-state index in [0.717, 1.165) is 49.6 Å². The van der Waals surface area contributed by atoms with Gasteiger partial charge in [0.15, 0.2) is 5.65 Å². The molecule has 1 aliphatic rings. The van der Waals surface area contributed by atoms with E-state index >= 15 is 0 Å². The summed E-state index contributed by atoms with van der Waals surface area (Å²) in [5.41, 5.74) is 4.90. The van der Waals surface area contributed by atoms with Crippen LogP contribution in [-0.2, 0) is 6.54 Å². The van der Waals surface area contributed by atoms with E-state index in [1.807, 2.05) is 45.2 Å². The molecule has 28 heavy (non-hydrogen) atoms. The largest absolute Gasteiger partial charge is 0.349 e. The van der Waals surface area contributed by atoms with Crippen molar-refractivity contribution in [3.63, 3.8) is 0 Å². The SMILES string of the molecule is Cc1cc(C)n2nc(C)c(C(=O)NC3CCN(Cc4ccccn4)CC3)c2n1. The summed E-state index contributed by atoms with van der Waals surface area (Å²) in [6.45, 7) is 8.55. The van der Waals surface area contributed by atoms with Gasteiger partial charge >= 0.3 is 0 Å². The standard InChI is InChI=1S/C21H26N6O/c1-14-12-15(2)27-20(23-14)19(16(3)25-27)21(28)24-17-7-10-26(11-8-17)13-18-6-4-5-9-22-18/h4-6,9,12,17H,7-8,10-11,13H2,1-3H3,(H,24,28). The fraction of sp³-hybridized carbons (Fsp3) is 0.429. The lowest BCUT2D eigenvalue weighted by atomic mass is 10.0. The van der Waals surface area contributed by atoms with Crippen LogP contribution in [0.5, 0.6) is 0 Å². The first kappa shape index (κ1) is 18.6. The summed E-state index contributed by atoms with van der Waals surface area (Å²) >= 11 is 0. The summed E-state index contributed by atoms with van der Waals surface area (Å²) in [6.07, 6.45) is 3.70. The smallest absolute Gasteiger partial charge is 0.257 e. The van der Waals surface area contributed by atoms with Crippen molar-refractivity contribution in [2.45, 2.75) is 46.2 Å². The van der Waals surface area contributed by atoms with Gasteiger partial charge in [0.25, 0.3) is 5.91 Å². The number of rotatable bonds is 4. The Morgan fingerprint density at radius 2 is 2.00 bits per heavy atom. The maximum absolute atomic E-state index is 13.0. The number of hydrogen-bond donors (Lipinski definition) is 1. The van der Waals surface area contributed by atoms with E-state index in [2.05, 4.69) is 31.3 Å². The number of nitrogens with one attached hydrogen (secondary N) is 1. The molecular weight excluding hydrogens is 352 g/mol. The van der Waals surface area contributed by atoms with E-state index in [-0.39, 0.29) is 11.9 Å². The molecule has 3 aromatic rings. The van der Waals surface area contributed by atoms with Gasteiger partial charge in [-0.2, -0.15) is 5.10 Å². The Morgan fingerprint density at radius 3 is 2.71 bits per heavy atom. The van der Waals surface area contributed by atoms with Gasteiger partial charge < -0.3 is 5.32 Å². The first-order valence-electron chi connectivity index (χ1n) is 9.78. The second-order valence-electron chi connectivity index (χ2n) is 7.58. The highest BCUT2D eigenvalue weighted by molar-refractivity contribution is 6.01. The van der Waals surface area contributed by atoms with Crippen molar-refractivity contribution in [3.8, 4) is 0 Å². The van der Waals surface area contributed by atoms with Crippen LogP contribution in [0.4, 0.5) is 0 Å². The Balaban J connectivity index is 1.41. The lowest BCUT2D eigenvalue weighted by Crippen LogP contribution is -2.44. The number of piperidine rings is 1. The first-order chi connectivity index (χ1) is 13.5. The molecule has 4 heterocycles. The molecule has 7 heteroatoms. The molecule has 0 saturated carbocycles. The summed E-state index contributed by atoms with van der Waals surface area (Å²) in [4.78, 5) is 24.3. The first-order valence-corrected chi connectivity index (χ1v) is 9.78. The quantitative estimate of drug-likeness (QED) is 0.755. The molecule has 1 aliphatic heterocycles. The molecule has 0 aliphatic carbocycles. The third-order valence-electron chi connectivity index (χ3n) is 5.33. The number of aromatic nitrogens is 4. The van der Waals surface area contributed by atoms with Crippen molar-refractivity contribution in [3.05, 3.63) is 58.8 Å². The lowest BCUT2D eigenvalue weighted by molar-refractivity contribution is 0.0909. The van der Waals surface area contributed by atoms with Crippen LogP contribution < -0.4 is 5.32 Å². The van der Waals surface area contributed by atoms with Gasteiger partial charge in [0.05, 0.1) is 11.4 Å². The maximum Gasteiger partial charge on any atom is 0.257 e. The number of fused-ring (bicyclic) bond motifs is 1. The molecular formula is C21H26N6O. The van der Waals surface area contributed by atoms with Gasteiger partial charge in [-0.05, 0) is 51.8 Å². The van der Waals surface area contributed by atoms with Gasteiger partial charge in [0.2, 0.25) is 0 Å². The van der Waals surface area contributed by atoms with Gasteiger partial charge in [-0.25, -0.2) is 9.50 Å². The van der Waals surface area contributed by atoms with E-state index < -0.39 is 0 Å². The van der Waals surface area contributed by atoms with Crippen molar-refractivity contribution in [2.75, 3.05) is 13.1 Å². The highest BCUT2D eigenvalue weighted by Crippen LogP contribution is 2.18. The van der Waals surface area contributed by atoms with Gasteiger partial charge in [-0.15, -0.1) is 0 Å². The van der Waals surface area contributed by atoms with Crippen LogP contribution in [0, 0.1) is 20.8 Å². The molecule has 0 aromatic carbocycles. The molecule has 7 nitrogen and oxygen atoms in total. The van der Waals surface area contributed by atoms with Crippen molar-refractivity contribution in [2.24, 2.45) is 0 Å². The summed E-state index contributed by atoms with van der Waals surface area (Å²) in [6, 6.07) is 8.15. The average molecular weight is 378 g/mol. The van der Waals surface area contributed by atoms with Crippen LogP contribution in [0.1, 0.15) is 46.0 Å². The maximum atomic E-state index is 13.0. The molecule has 1 fully saturated rings. The normalized spacial score (nSPS) is 15.8. The molecule has 0 bridgehead atoms. The molecule has 0 unspecified atom stereocenters. The van der Waals surface area contributed by atoms with Crippen LogP contribution in [0.25, 0.3) is 5.65 Å². The topological polar surface area (TPSA) is 75.4 Å². The van der Waals surface area contributed by atoms with E-state index in [9.17, 15) is 4.79 Å². The minimum absolute atomic E-state index is 0.0758. The van der Waals surface area contributed by atoms with E-state index in [0.29, 0.717) is 16.9 Å². The number of carbonyl (C=O) groups is 1. The monoisotopic (exact) mass is 378 g/mol. The molecule has 1 saturated heterocycles. The number of hydrogen-bond acceptors (Lipinski definition) is 5. The third kappa shape index (κ3) is 3.75. The minimum atomic E-state index is -0.0758. The highest BCUT2D eigenvalue weighted by Gasteiger charge is 2.25. The van der Waals surface area contributed by atoms with Gasteiger partial charge in [-0.3, -0.25) is 14.7 Å². The molecule has 146 valence electrons. The van der Waals surface area contributed by atoms with Crippen molar-refractivity contribution >= 4 is 11.6 Å². The fourth-order valence-corrected chi connectivity index (χ4v) is 3.91. The summed E-state index contributed by atoms with van der Waals surface area (Å²) in [5, 5.41) is 7.71. The van der Waals surface area contributed by atoms with E-state index in [4.69, 9.17) is 0 Å². The summed E-state index contributed by atoms with van der Waals surface area (Å²) < 4.78 is 1.76. The number of pyridine rings is 1. The second-order valence-corrected chi connectivity index (χ2v) is 7.58. The molecule has 0 atom stereocenters. The number of amides is 1. The number of nitrogens with zero attached hydrogens (tertiary/aromatic N) is 5. The van der Waals surface area contributed by atoms with Crippen molar-refractivity contribution < 1.29 is 4.79 Å². The van der Waals surface area contributed by atoms with Gasteiger partial charge in [0, 0.05) is 43.3 Å². The minimum Gasteiger partial charge on any atom is -0.349 e. The van der Waals surface area contributed by atoms with Crippen LogP contribution in [0.15, 0.2) is 30.5 Å². The molecule has 1 N–H and O–H groups in total. The van der Waals surface area contributed by atoms with Crippen LogP contribution >= 0.6 is 0 Å². The Labute approximate surface area is 164 Å². The lowest BCUT2D eigenvalue weighted by Gasteiger charge is -2.32. The Hall–Kier alpha value is -2.80. The number of likely N-dealkylation sites (tertiary alicyclic amines) is 1. The van der Waals surface area contributed by atoms with Gasteiger partial charge in [0.1, 0.15) is 5.56 Å². The highest BCUT2D eigenvalue weighted by atomic mass is 16.1. The van der Waals surface area contributed by atoms with Crippen LogP contribution in [-0.4, -0.2) is 49.5 Å². The van der Waals surface area contributed by atoms with Crippen LogP contribution in [0.2, 0.25) is 0 Å². The summed E-state index contributed by atoms with van der Waals surface area (Å²) in [5.74, 6) is -0.0758. The fourth-order valence-electron chi connectivity index (χ4n) is 3.91.